The van der Waals surface area contributed by atoms with Crippen molar-refractivity contribution in [1.82, 2.24) is 0 Å². The molecule has 1 aromatic rings. The minimum absolute atomic E-state index is 0.133. The normalized spacial score (nSPS) is 21.6. The van der Waals surface area contributed by atoms with Crippen LogP contribution < -0.4 is 10.2 Å². The molecule has 2 aliphatic rings. The van der Waals surface area contributed by atoms with Crippen LogP contribution in [-0.4, -0.2) is 19.0 Å². The molecular weight excluding hydrogens is 260 g/mol. The topological polar surface area (TPSA) is 32.3 Å². The summed E-state index contributed by atoms with van der Waals surface area (Å²) in [6.07, 6.45) is 9.71. The van der Waals surface area contributed by atoms with Crippen molar-refractivity contribution in [3.63, 3.8) is 0 Å². The molecule has 1 heterocycles. The van der Waals surface area contributed by atoms with E-state index in [0.29, 0.717) is 0 Å². The molecule has 0 unspecified atom stereocenters. The van der Waals surface area contributed by atoms with Crippen molar-refractivity contribution in [2.45, 2.75) is 39.0 Å². The summed E-state index contributed by atoms with van der Waals surface area (Å²) in [4.78, 5) is 14.7. The van der Waals surface area contributed by atoms with Gasteiger partial charge in [0.25, 0.3) is 0 Å². The van der Waals surface area contributed by atoms with Gasteiger partial charge in [0.2, 0.25) is 5.91 Å². The molecule has 1 atom stereocenters. The summed E-state index contributed by atoms with van der Waals surface area (Å²) in [7, 11) is 0. The maximum absolute atomic E-state index is 12.3. The molecule has 3 heteroatoms. The highest BCUT2D eigenvalue weighted by molar-refractivity contribution is 5.93. The first-order valence-corrected chi connectivity index (χ1v) is 8.05. The van der Waals surface area contributed by atoms with E-state index in [2.05, 4.69) is 41.4 Å². The summed E-state index contributed by atoms with van der Waals surface area (Å²) in [6, 6.07) is 6.29. The first kappa shape index (κ1) is 14.2. The number of rotatable bonds is 3. The van der Waals surface area contributed by atoms with Crippen LogP contribution in [0, 0.1) is 12.8 Å². The Bertz CT molecular complexity index is 544. The first-order valence-electron chi connectivity index (χ1n) is 8.05. The zero-order chi connectivity index (χ0) is 14.7. The molecule has 0 spiro atoms. The van der Waals surface area contributed by atoms with Gasteiger partial charge < -0.3 is 10.2 Å². The minimum atomic E-state index is 0.133. The van der Waals surface area contributed by atoms with E-state index in [0.717, 1.165) is 38.0 Å². The molecule has 1 N–H and O–H groups in total. The monoisotopic (exact) mass is 284 g/mol. The minimum Gasteiger partial charge on any atom is -0.371 e. The van der Waals surface area contributed by atoms with Crippen LogP contribution in [-0.2, 0) is 4.79 Å². The SMILES string of the molecule is Cc1cc(NC(=O)[C@H]2CC=CCC2)ccc1N1CCCC1. The number of carbonyl (C=O) groups excluding carboxylic acids is 1. The van der Waals surface area contributed by atoms with E-state index in [1.807, 2.05) is 6.07 Å². The second kappa shape index (κ2) is 6.33. The standard InChI is InChI=1S/C18H24N2O/c1-14-13-16(9-10-17(14)20-11-5-6-12-20)19-18(21)15-7-3-2-4-8-15/h2-3,9-10,13,15H,4-8,11-12H2,1H3,(H,19,21)/t15-/m0/s1. The van der Waals surface area contributed by atoms with E-state index in [4.69, 9.17) is 0 Å². The van der Waals surface area contributed by atoms with Crippen LogP contribution in [0.4, 0.5) is 11.4 Å². The molecular formula is C18H24N2O. The summed E-state index contributed by atoms with van der Waals surface area (Å²) >= 11 is 0. The molecule has 112 valence electrons. The maximum atomic E-state index is 12.3. The Morgan fingerprint density at radius 2 is 2.05 bits per heavy atom. The predicted octanol–water partition coefficient (Wildman–Crippen LogP) is 3.89. The van der Waals surface area contributed by atoms with Gasteiger partial charge in [-0.05, 0) is 62.8 Å². The highest BCUT2D eigenvalue weighted by atomic mass is 16.1. The Kier molecular flexibility index (Phi) is 4.28. The Hall–Kier alpha value is -1.77. The second-order valence-electron chi connectivity index (χ2n) is 6.17. The lowest BCUT2D eigenvalue weighted by atomic mass is 9.93. The van der Waals surface area contributed by atoms with E-state index < -0.39 is 0 Å². The molecule has 1 aliphatic heterocycles. The molecule has 1 fully saturated rings. The van der Waals surface area contributed by atoms with Crippen molar-refractivity contribution in [2.24, 2.45) is 5.92 Å². The summed E-state index contributed by atoms with van der Waals surface area (Å²) in [5.41, 5.74) is 3.49. The predicted molar refractivity (Wildman–Crippen MR) is 87.7 cm³/mol. The van der Waals surface area contributed by atoms with E-state index in [-0.39, 0.29) is 11.8 Å². The van der Waals surface area contributed by atoms with Gasteiger partial charge in [-0.25, -0.2) is 0 Å². The molecule has 1 saturated heterocycles. The third-order valence-electron chi connectivity index (χ3n) is 4.55. The molecule has 3 nitrogen and oxygen atoms in total. The molecule has 21 heavy (non-hydrogen) atoms. The Morgan fingerprint density at radius 3 is 2.71 bits per heavy atom. The molecule has 1 amide bonds. The molecule has 1 aliphatic carbocycles. The Morgan fingerprint density at radius 1 is 1.24 bits per heavy atom. The lowest BCUT2D eigenvalue weighted by Gasteiger charge is -2.21. The van der Waals surface area contributed by atoms with Crippen molar-refractivity contribution in [3.05, 3.63) is 35.9 Å². The first-order chi connectivity index (χ1) is 10.2. The van der Waals surface area contributed by atoms with Gasteiger partial charge in [-0.1, -0.05) is 12.2 Å². The number of hydrogen-bond acceptors (Lipinski definition) is 2. The molecule has 0 radical (unpaired) electrons. The number of hydrogen-bond donors (Lipinski definition) is 1. The lowest BCUT2D eigenvalue weighted by Crippen LogP contribution is -2.24. The molecule has 0 saturated carbocycles. The summed E-state index contributed by atoms with van der Waals surface area (Å²) in [5, 5.41) is 3.08. The van der Waals surface area contributed by atoms with Gasteiger partial charge in [-0.3, -0.25) is 4.79 Å². The Labute approximate surface area is 127 Å². The second-order valence-corrected chi connectivity index (χ2v) is 6.17. The van der Waals surface area contributed by atoms with Crippen molar-refractivity contribution < 1.29 is 4.79 Å². The molecule has 0 aromatic heterocycles. The quantitative estimate of drug-likeness (QED) is 0.854. The van der Waals surface area contributed by atoms with E-state index in [9.17, 15) is 4.79 Å². The zero-order valence-electron chi connectivity index (χ0n) is 12.8. The van der Waals surface area contributed by atoms with Crippen molar-refractivity contribution in [3.8, 4) is 0 Å². The number of amides is 1. The number of benzene rings is 1. The largest absolute Gasteiger partial charge is 0.371 e. The fraction of sp³-hybridized carbons (Fsp3) is 0.500. The van der Waals surface area contributed by atoms with Crippen LogP contribution in [0.5, 0.6) is 0 Å². The van der Waals surface area contributed by atoms with Gasteiger partial charge in [0, 0.05) is 30.4 Å². The number of allylic oxidation sites excluding steroid dienone is 2. The third-order valence-corrected chi connectivity index (χ3v) is 4.55. The average Bonchev–Trinajstić information content (AvgIpc) is 3.02. The smallest absolute Gasteiger partial charge is 0.227 e. The highest BCUT2D eigenvalue weighted by Crippen LogP contribution is 2.27. The van der Waals surface area contributed by atoms with Crippen LogP contribution in [0.1, 0.15) is 37.7 Å². The van der Waals surface area contributed by atoms with Gasteiger partial charge in [0.1, 0.15) is 0 Å². The number of carbonyl (C=O) groups is 1. The summed E-state index contributed by atoms with van der Waals surface area (Å²) in [6.45, 7) is 4.44. The van der Waals surface area contributed by atoms with Crippen molar-refractivity contribution in [2.75, 3.05) is 23.3 Å². The summed E-state index contributed by atoms with van der Waals surface area (Å²) < 4.78 is 0. The van der Waals surface area contributed by atoms with Crippen LogP contribution in [0.3, 0.4) is 0 Å². The summed E-state index contributed by atoms with van der Waals surface area (Å²) in [5.74, 6) is 0.293. The van der Waals surface area contributed by atoms with E-state index in [1.54, 1.807) is 0 Å². The number of nitrogens with one attached hydrogen (secondary N) is 1. The van der Waals surface area contributed by atoms with Gasteiger partial charge in [-0.2, -0.15) is 0 Å². The number of anilines is 2. The zero-order valence-corrected chi connectivity index (χ0v) is 12.8. The van der Waals surface area contributed by atoms with E-state index in [1.165, 1.54) is 24.1 Å². The van der Waals surface area contributed by atoms with Crippen LogP contribution >= 0.6 is 0 Å². The van der Waals surface area contributed by atoms with Crippen LogP contribution in [0.15, 0.2) is 30.4 Å². The Balaban J connectivity index is 1.67. The lowest BCUT2D eigenvalue weighted by molar-refractivity contribution is -0.120. The average molecular weight is 284 g/mol. The molecule has 0 bridgehead atoms. The molecule has 3 rings (SSSR count). The fourth-order valence-corrected chi connectivity index (χ4v) is 3.32. The van der Waals surface area contributed by atoms with Crippen molar-refractivity contribution in [1.29, 1.82) is 0 Å². The van der Waals surface area contributed by atoms with Crippen LogP contribution in [0.25, 0.3) is 0 Å². The third kappa shape index (κ3) is 3.29. The fourth-order valence-electron chi connectivity index (χ4n) is 3.32. The number of aryl methyl sites for hydroxylation is 1. The van der Waals surface area contributed by atoms with Gasteiger partial charge in [0.15, 0.2) is 0 Å². The van der Waals surface area contributed by atoms with Crippen molar-refractivity contribution >= 4 is 17.3 Å². The van der Waals surface area contributed by atoms with Crippen LogP contribution in [0.2, 0.25) is 0 Å². The van der Waals surface area contributed by atoms with Gasteiger partial charge in [0.05, 0.1) is 0 Å². The highest BCUT2D eigenvalue weighted by Gasteiger charge is 2.19. The maximum Gasteiger partial charge on any atom is 0.227 e. The molecule has 1 aromatic carbocycles. The van der Waals surface area contributed by atoms with E-state index >= 15 is 0 Å². The number of nitrogens with zero attached hydrogens (tertiary/aromatic N) is 1. The van der Waals surface area contributed by atoms with Gasteiger partial charge >= 0.3 is 0 Å². The van der Waals surface area contributed by atoms with Gasteiger partial charge in [-0.15, -0.1) is 0 Å².